The largest absolute Gasteiger partial charge is 0.364 e. The summed E-state index contributed by atoms with van der Waals surface area (Å²) in [4.78, 5) is 66.9. The SMILES string of the molecule is NC(=O)c1nc2ccccc2cc1Cc1ccc2c(c1)C(=O)N(C1CCC(=O)NC1=O)C2=O. The molecule has 164 valence electrons. The van der Waals surface area contributed by atoms with E-state index in [0.717, 1.165) is 10.3 Å². The molecular formula is C24H18N4O5. The quantitative estimate of drug-likeness (QED) is 0.584. The summed E-state index contributed by atoms with van der Waals surface area (Å²) in [6.07, 6.45) is 0.414. The van der Waals surface area contributed by atoms with Gasteiger partial charge in [0.25, 0.3) is 17.7 Å². The van der Waals surface area contributed by atoms with Crippen LogP contribution in [0.3, 0.4) is 0 Å². The highest BCUT2D eigenvalue weighted by molar-refractivity contribution is 6.23. The maximum absolute atomic E-state index is 13.0. The van der Waals surface area contributed by atoms with Gasteiger partial charge in [-0.1, -0.05) is 24.3 Å². The second kappa shape index (κ2) is 7.63. The lowest BCUT2D eigenvalue weighted by molar-refractivity contribution is -0.136. The van der Waals surface area contributed by atoms with Crippen LogP contribution in [0.4, 0.5) is 0 Å². The predicted molar refractivity (Wildman–Crippen MR) is 116 cm³/mol. The highest BCUT2D eigenvalue weighted by Gasteiger charge is 2.44. The fraction of sp³-hybridized carbons (Fsp3) is 0.167. The first-order valence-corrected chi connectivity index (χ1v) is 10.4. The number of nitrogens with one attached hydrogen (secondary N) is 1. The van der Waals surface area contributed by atoms with Gasteiger partial charge in [-0.05, 0) is 48.2 Å². The maximum atomic E-state index is 13.0. The van der Waals surface area contributed by atoms with Crippen LogP contribution in [-0.2, 0) is 16.0 Å². The lowest BCUT2D eigenvalue weighted by Gasteiger charge is -2.27. The number of nitrogens with zero attached hydrogens (tertiary/aromatic N) is 2. The van der Waals surface area contributed by atoms with Crippen LogP contribution in [-0.4, -0.2) is 45.5 Å². The molecule has 3 N–H and O–H groups in total. The molecule has 0 saturated carbocycles. The molecule has 3 heterocycles. The van der Waals surface area contributed by atoms with Crippen molar-refractivity contribution in [2.75, 3.05) is 0 Å². The minimum absolute atomic E-state index is 0.0555. The Morgan fingerprint density at radius 1 is 1.03 bits per heavy atom. The molecule has 0 bridgehead atoms. The molecular weight excluding hydrogens is 424 g/mol. The highest BCUT2D eigenvalue weighted by atomic mass is 16.2. The fourth-order valence-corrected chi connectivity index (χ4v) is 4.36. The van der Waals surface area contributed by atoms with E-state index in [-0.39, 0.29) is 36.1 Å². The average Bonchev–Trinajstić information content (AvgIpc) is 3.03. The van der Waals surface area contributed by atoms with Crippen LogP contribution in [0, 0.1) is 0 Å². The van der Waals surface area contributed by atoms with Crippen LogP contribution in [0.5, 0.6) is 0 Å². The second-order valence-electron chi connectivity index (χ2n) is 8.06. The van der Waals surface area contributed by atoms with Crippen LogP contribution in [0.2, 0.25) is 0 Å². The number of pyridine rings is 1. The van der Waals surface area contributed by atoms with Crippen LogP contribution >= 0.6 is 0 Å². The number of carbonyl (C=O) groups excluding carboxylic acids is 5. The zero-order valence-corrected chi connectivity index (χ0v) is 17.3. The van der Waals surface area contributed by atoms with Gasteiger partial charge in [-0.25, -0.2) is 4.98 Å². The van der Waals surface area contributed by atoms with Gasteiger partial charge in [0.15, 0.2) is 0 Å². The Kier molecular flexibility index (Phi) is 4.74. The van der Waals surface area contributed by atoms with Gasteiger partial charge in [0, 0.05) is 11.8 Å². The Morgan fingerprint density at radius 2 is 1.79 bits per heavy atom. The molecule has 0 radical (unpaired) electrons. The fourth-order valence-electron chi connectivity index (χ4n) is 4.36. The smallest absolute Gasteiger partial charge is 0.267 e. The number of fused-ring (bicyclic) bond motifs is 2. The van der Waals surface area contributed by atoms with Crippen molar-refractivity contribution in [1.29, 1.82) is 0 Å². The molecule has 0 aliphatic carbocycles. The van der Waals surface area contributed by atoms with Crippen LogP contribution in [0.25, 0.3) is 10.9 Å². The van der Waals surface area contributed by atoms with E-state index in [9.17, 15) is 24.0 Å². The number of hydrogen-bond acceptors (Lipinski definition) is 6. The maximum Gasteiger partial charge on any atom is 0.267 e. The third kappa shape index (κ3) is 3.43. The van der Waals surface area contributed by atoms with E-state index in [1.54, 1.807) is 18.2 Å². The molecule has 2 aromatic carbocycles. The van der Waals surface area contributed by atoms with Gasteiger partial charge < -0.3 is 5.73 Å². The van der Waals surface area contributed by atoms with E-state index in [1.807, 2.05) is 24.3 Å². The van der Waals surface area contributed by atoms with Gasteiger partial charge in [-0.3, -0.25) is 34.2 Å². The third-order valence-electron chi connectivity index (χ3n) is 5.94. The summed E-state index contributed by atoms with van der Waals surface area (Å²) in [5, 5.41) is 3.02. The summed E-state index contributed by atoms with van der Waals surface area (Å²) < 4.78 is 0. The Balaban J connectivity index is 1.48. The van der Waals surface area contributed by atoms with Crippen molar-refractivity contribution < 1.29 is 24.0 Å². The molecule has 1 saturated heterocycles. The van der Waals surface area contributed by atoms with Crippen molar-refractivity contribution >= 4 is 40.4 Å². The van der Waals surface area contributed by atoms with Crippen molar-refractivity contribution in [2.24, 2.45) is 5.73 Å². The molecule has 2 aliphatic heterocycles. The Morgan fingerprint density at radius 3 is 2.55 bits per heavy atom. The molecule has 9 heteroatoms. The molecule has 2 aliphatic rings. The van der Waals surface area contributed by atoms with E-state index < -0.39 is 35.6 Å². The summed E-state index contributed by atoms with van der Waals surface area (Å²) in [5.74, 6) is -2.90. The minimum atomic E-state index is -1.02. The Hall–Kier alpha value is -4.40. The van der Waals surface area contributed by atoms with Crippen molar-refractivity contribution in [2.45, 2.75) is 25.3 Å². The van der Waals surface area contributed by atoms with E-state index in [2.05, 4.69) is 10.3 Å². The number of amides is 5. The minimum Gasteiger partial charge on any atom is -0.364 e. The van der Waals surface area contributed by atoms with E-state index in [0.29, 0.717) is 16.6 Å². The Bertz CT molecular complexity index is 1400. The first kappa shape index (κ1) is 20.5. The van der Waals surface area contributed by atoms with Crippen molar-refractivity contribution in [3.05, 3.63) is 76.5 Å². The number of rotatable bonds is 4. The molecule has 5 rings (SSSR count). The summed E-state index contributed by atoms with van der Waals surface area (Å²) in [6, 6.07) is 13.0. The third-order valence-corrected chi connectivity index (χ3v) is 5.94. The number of imide groups is 2. The first-order chi connectivity index (χ1) is 15.8. The normalized spacial score (nSPS) is 17.9. The van der Waals surface area contributed by atoms with E-state index in [1.165, 1.54) is 6.07 Å². The summed E-state index contributed by atoms with van der Waals surface area (Å²) >= 11 is 0. The van der Waals surface area contributed by atoms with Gasteiger partial charge in [-0.15, -0.1) is 0 Å². The van der Waals surface area contributed by atoms with Gasteiger partial charge in [-0.2, -0.15) is 0 Å². The molecule has 1 fully saturated rings. The number of para-hydroxylation sites is 1. The molecule has 1 aromatic heterocycles. The monoisotopic (exact) mass is 442 g/mol. The zero-order chi connectivity index (χ0) is 23.3. The molecule has 5 amide bonds. The molecule has 33 heavy (non-hydrogen) atoms. The molecule has 0 spiro atoms. The lowest BCUT2D eigenvalue weighted by atomic mass is 9.98. The number of carbonyl (C=O) groups is 5. The predicted octanol–water partition coefficient (Wildman–Crippen LogP) is 1.33. The van der Waals surface area contributed by atoms with E-state index in [4.69, 9.17) is 5.73 Å². The van der Waals surface area contributed by atoms with Crippen molar-refractivity contribution in [1.82, 2.24) is 15.2 Å². The summed E-state index contributed by atoms with van der Waals surface area (Å²) in [5.41, 5.74) is 7.98. The number of hydrogen-bond donors (Lipinski definition) is 2. The van der Waals surface area contributed by atoms with Gasteiger partial charge in [0.1, 0.15) is 11.7 Å². The van der Waals surface area contributed by atoms with Crippen molar-refractivity contribution in [3.63, 3.8) is 0 Å². The summed E-state index contributed by atoms with van der Waals surface area (Å²) in [7, 11) is 0. The van der Waals surface area contributed by atoms with Crippen LogP contribution in [0.1, 0.15) is 55.2 Å². The van der Waals surface area contributed by atoms with Gasteiger partial charge >= 0.3 is 0 Å². The van der Waals surface area contributed by atoms with Crippen LogP contribution < -0.4 is 11.1 Å². The standard InChI is InChI=1S/C24H18N4O5/c25-21(30)20-14(11-13-3-1-2-4-17(13)26-20)9-12-5-6-15-16(10-12)24(33)28(23(15)32)18-7-8-19(29)27-22(18)31/h1-6,10-11,18H,7-9H2,(H2,25,30)(H,27,29,31). The lowest BCUT2D eigenvalue weighted by Crippen LogP contribution is -2.54. The average molecular weight is 442 g/mol. The zero-order valence-electron chi connectivity index (χ0n) is 17.3. The highest BCUT2D eigenvalue weighted by Crippen LogP contribution is 2.29. The molecule has 1 unspecified atom stereocenters. The Labute approximate surface area is 187 Å². The van der Waals surface area contributed by atoms with Crippen LogP contribution in [0.15, 0.2) is 48.5 Å². The number of primary amides is 1. The number of piperidine rings is 1. The topological polar surface area (TPSA) is 140 Å². The summed E-state index contributed by atoms with van der Waals surface area (Å²) in [6.45, 7) is 0. The first-order valence-electron chi connectivity index (χ1n) is 10.4. The molecule has 9 nitrogen and oxygen atoms in total. The van der Waals surface area contributed by atoms with Crippen molar-refractivity contribution in [3.8, 4) is 0 Å². The number of benzene rings is 2. The number of nitrogens with two attached hydrogens (primary N) is 1. The second-order valence-corrected chi connectivity index (χ2v) is 8.06. The van der Waals surface area contributed by atoms with E-state index >= 15 is 0 Å². The molecule has 3 aromatic rings. The van der Waals surface area contributed by atoms with Gasteiger partial charge in [0.05, 0.1) is 16.6 Å². The van der Waals surface area contributed by atoms with Gasteiger partial charge in [0.2, 0.25) is 11.8 Å². The number of aromatic nitrogens is 1. The molecule has 1 atom stereocenters.